The third kappa shape index (κ3) is 110. The summed E-state index contributed by atoms with van der Waals surface area (Å²) in [7, 11) is 0. The molecule has 0 heterocycles. The van der Waals surface area contributed by atoms with Gasteiger partial charge in [0.2, 0.25) is 0 Å². The summed E-state index contributed by atoms with van der Waals surface area (Å²) < 4.78 is 0. The summed E-state index contributed by atoms with van der Waals surface area (Å²) in [6.07, 6.45) is 0.500. The molecular weight excluding hydrogens is 88.1 g/mol. The number of carbonyl (C=O) groups excluding carboxylic acids is 1. The van der Waals surface area contributed by atoms with E-state index in [1.54, 1.807) is 0 Å². The molecule has 0 amide bonds. The highest BCUT2D eigenvalue weighted by Crippen LogP contribution is 0.949. The zero-order valence-electron chi connectivity index (χ0n) is 2.86. The second-order valence-corrected chi connectivity index (χ2v) is 0.0913. The van der Waals surface area contributed by atoms with Crippen molar-refractivity contribution in [3.8, 4) is 0 Å². The van der Waals surface area contributed by atoms with Gasteiger partial charge in [-0.25, -0.2) is 0 Å². The van der Waals surface area contributed by atoms with E-state index in [1.807, 2.05) is 0 Å². The quantitative estimate of drug-likeness (QED) is 0.342. The Hall–Kier alpha value is -0.310. The van der Waals surface area contributed by atoms with E-state index in [4.69, 9.17) is 10.2 Å². The maximum Gasteiger partial charge on any atom is -0.0159 e. The molecule has 4 heteroatoms. The summed E-state index contributed by atoms with van der Waals surface area (Å²) >= 11 is 0. The first kappa shape index (κ1) is 22.4. The number of hydrogen-bond donors (Lipinski definition) is 1. The van der Waals surface area contributed by atoms with Gasteiger partial charge in [0.15, 0.2) is 0 Å². The van der Waals surface area contributed by atoms with Gasteiger partial charge in [0.05, 0.1) is 0 Å². The van der Waals surface area contributed by atoms with E-state index in [0.717, 1.165) is 0 Å². The van der Waals surface area contributed by atoms with Crippen molar-refractivity contribution in [3.05, 3.63) is 5.41 Å². The van der Waals surface area contributed by atoms with Crippen LogP contribution in [0.3, 0.4) is 0 Å². The van der Waals surface area contributed by atoms with Crippen molar-refractivity contribution in [2.45, 2.75) is 0 Å². The molecule has 0 aromatic heterocycles. The van der Waals surface area contributed by atoms with E-state index in [9.17, 15) is 0 Å². The molecule has 0 aliphatic rings. The van der Waals surface area contributed by atoms with Gasteiger partial charge in [0.1, 0.15) is 0 Å². The number of nitrogens with zero attached hydrogens (tertiary/aromatic N) is 1. The SMILES string of the molecule is S.[N-]=C=O.[NH4+]. The summed E-state index contributed by atoms with van der Waals surface area (Å²) in [5.41, 5.74) is 0. The van der Waals surface area contributed by atoms with Gasteiger partial charge < -0.3 is 11.6 Å². The highest BCUT2D eigenvalue weighted by atomic mass is 32.1. The fraction of sp³-hybridized carbons (Fsp3) is 0. The zero-order valence-corrected chi connectivity index (χ0v) is 3.86. The first-order chi connectivity index (χ1) is 1.41. The lowest BCUT2D eigenvalue weighted by Gasteiger charge is -1.32. The molecule has 0 unspecified atom stereocenters. The van der Waals surface area contributed by atoms with Crippen molar-refractivity contribution in [3.63, 3.8) is 0 Å². The van der Waals surface area contributed by atoms with E-state index < -0.39 is 0 Å². The molecule has 0 saturated heterocycles. The molecule has 0 saturated carbocycles. The molecule has 4 N–H and O–H groups in total. The molecule has 0 aliphatic carbocycles. The average molecular weight is 94.1 g/mol. The number of rotatable bonds is 0. The standard InChI is InChI=1S/CNO.H3N.H2S/c2-1-3;;/h;1H3;1H2/q-1;;/p+1. The van der Waals surface area contributed by atoms with Crippen molar-refractivity contribution in [2.24, 2.45) is 0 Å². The summed E-state index contributed by atoms with van der Waals surface area (Å²) in [6, 6.07) is 0. The summed E-state index contributed by atoms with van der Waals surface area (Å²) in [5, 5.41) is 6.76. The molecule has 0 aromatic carbocycles. The van der Waals surface area contributed by atoms with Crippen molar-refractivity contribution >= 4 is 19.6 Å². The Labute approximate surface area is 36.9 Å². The van der Waals surface area contributed by atoms with Crippen LogP contribution in [0.4, 0.5) is 0 Å². The van der Waals surface area contributed by atoms with Crippen molar-refractivity contribution < 1.29 is 4.79 Å². The lowest BCUT2D eigenvalue weighted by atomic mass is 11.7. The maximum absolute atomic E-state index is 8.24. The van der Waals surface area contributed by atoms with Crippen LogP contribution in [0.1, 0.15) is 0 Å². The summed E-state index contributed by atoms with van der Waals surface area (Å²) in [6.45, 7) is 0. The van der Waals surface area contributed by atoms with Gasteiger partial charge in [0, 0.05) is 0 Å². The van der Waals surface area contributed by atoms with Gasteiger partial charge in [0.25, 0.3) is 0 Å². The Morgan fingerprint density at radius 3 is 1.60 bits per heavy atom. The van der Waals surface area contributed by atoms with Crippen LogP contribution in [0.5, 0.6) is 0 Å². The molecule has 5 heavy (non-hydrogen) atoms. The molecule has 0 radical (unpaired) electrons. The Morgan fingerprint density at radius 1 is 1.60 bits per heavy atom. The normalized spacial score (nSPS) is 1.60. The monoisotopic (exact) mass is 94.0 g/mol. The van der Waals surface area contributed by atoms with E-state index in [2.05, 4.69) is 0 Å². The highest BCUT2D eigenvalue weighted by Gasteiger charge is 0.791. The lowest BCUT2D eigenvalue weighted by molar-refractivity contribution is 0.569. The first-order valence-corrected chi connectivity index (χ1v) is 0.428. The van der Waals surface area contributed by atoms with Crippen LogP contribution >= 0.6 is 13.5 Å². The predicted molar refractivity (Wildman–Crippen MR) is 25.4 cm³/mol. The van der Waals surface area contributed by atoms with Crippen LogP contribution in [0.25, 0.3) is 5.41 Å². The third-order valence-corrected chi connectivity index (χ3v) is 0. The minimum absolute atomic E-state index is 0. The van der Waals surface area contributed by atoms with Gasteiger partial charge >= 0.3 is 0 Å². The van der Waals surface area contributed by atoms with Gasteiger partial charge in [-0.05, 0) is 6.08 Å². The Kier molecular flexibility index (Phi) is 251. The molecule has 0 aromatic rings. The largest absolute Gasteiger partial charge is 0.724 e. The van der Waals surface area contributed by atoms with Crippen LogP contribution in [0, 0.1) is 0 Å². The van der Waals surface area contributed by atoms with E-state index in [-0.39, 0.29) is 19.6 Å². The second-order valence-electron chi connectivity index (χ2n) is 0.0913. The molecule has 0 atom stereocenters. The van der Waals surface area contributed by atoms with Crippen molar-refractivity contribution in [2.75, 3.05) is 0 Å². The predicted octanol–water partition coefficient (Wildman–Crippen LogP) is 0.381. The molecule has 0 rings (SSSR count). The Balaban J connectivity index is -0.0000000200. The molecule has 32 valence electrons. The topological polar surface area (TPSA) is 75.9 Å². The second kappa shape index (κ2) is 56.1. The molecule has 3 nitrogen and oxygen atoms in total. The highest BCUT2D eigenvalue weighted by molar-refractivity contribution is 7.59. The number of isocyanates is 1. The third-order valence-electron chi connectivity index (χ3n) is 0. The van der Waals surface area contributed by atoms with E-state index in [1.165, 1.54) is 0 Å². The molecule has 0 spiro atoms. The van der Waals surface area contributed by atoms with Crippen LogP contribution in [0.15, 0.2) is 0 Å². The lowest BCUT2D eigenvalue weighted by Crippen LogP contribution is -1.13. The zero-order chi connectivity index (χ0) is 2.71. The van der Waals surface area contributed by atoms with Gasteiger partial charge in [-0.15, -0.1) is 0 Å². The van der Waals surface area contributed by atoms with Crippen molar-refractivity contribution in [1.82, 2.24) is 6.15 Å². The average Bonchev–Trinajstić information content (AvgIpc) is 0.918. The summed E-state index contributed by atoms with van der Waals surface area (Å²) in [5.74, 6) is 0. The first-order valence-electron chi connectivity index (χ1n) is 0.428. The van der Waals surface area contributed by atoms with E-state index >= 15 is 0 Å². The Morgan fingerprint density at radius 2 is 1.60 bits per heavy atom. The molecular formula is CH6N2OS. The van der Waals surface area contributed by atoms with Crippen LogP contribution in [-0.2, 0) is 4.79 Å². The van der Waals surface area contributed by atoms with Crippen LogP contribution in [-0.4, -0.2) is 6.08 Å². The fourth-order valence-corrected chi connectivity index (χ4v) is 0. The minimum Gasteiger partial charge on any atom is -0.724 e. The molecule has 0 fully saturated rings. The fourth-order valence-electron chi connectivity index (χ4n) is 0. The van der Waals surface area contributed by atoms with Gasteiger partial charge in [-0.3, -0.25) is 4.79 Å². The molecule has 0 aliphatic heterocycles. The van der Waals surface area contributed by atoms with Gasteiger partial charge in [-0.2, -0.15) is 13.5 Å². The molecule has 0 bridgehead atoms. The number of quaternary nitrogens is 1. The summed E-state index contributed by atoms with van der Waals surface area (Å²) in [4.78, 5) is 8.24. The Bertz CT molecular complexity index is 30.6. The van der Waals surface area contributed by atoms with Crippen LogP contribution < -0.4 is 6.15 Å². The van der Waals surface area contributed by atoms with Crippen LogP contribution in [0.2, 0.25) is 0 Å². The van der Waals surface area contributed by atoms with E-state index in [0.29, 0.717) is 6.08 Å². The number of hydrogen-bond acceptors (Lipinski definition) is 1. The smallest absolute Gasteiger partial charge is 0.0159 e. The van der Waals surface area contributed by atoms with Crippen molar-refractivity contribution in [1.29, 1.82) is 0 Å². The van der Waals surface area contributed by atoms with Gasteiger partial charge in [-0.1, -0.05) is 0 Å². The maximum atomic E-state index is 8.24. The minimum atomic E-state index is 0.